The summed E-state index contributed by atoms with van der Waals surface area (Å²) < 4.78 is 12.1. The van der Waals surface area contributed by atoms with Crippen LogP contribution in [0.1, 0.15) is 33.6 Å². The van der Waals surface area contributed by atoms with E-state index in [0.717, 1.165) is 19.0 Å². The molecule has 0 aromatic carbocycles. The largest absolute Gasteiger partial charge is 0.300 e. The molecule has 0 spiro atoms. The summed E-state index contributed by atoms with van der Waals surface area (Å²) in [5, 5.41) is 0. The molecule has 13 heavy (non-hydrogen) atoms. The van der Waals surface area contributed by atoms with Crippen LogP contribution in [0.4, 0.5) is 4.39 Å². The topological polar surface area (TPSA) is 3.24 Å². The summed E-state index contributed by atoms with van der Waals surface area (Å²) in [7, 11) is 0. The van der Waals surface area contributed by atoms with E-state index in [1.807, 2.05) is 0 Å². The molecule has 0 N–H and O–H groups in total. The Morgan fingerprint density at radius 1 is 1.38 bits per heavy atom. The molecular formula is C11H22FN. The Kier molecular flexibility index (Phi) is 3.72. The minimum absolute atomic E-state index is 0.192. The average molecular weight is 187 g/mol. The van der Waals surface area contributed by atoms with E-state index in [0.29, 0.717) is 12.0 Å². The molecule has 1 aliphatic rings. The lowest BCUT2D eigenvalue weighted by molar-refractivity contribution is 0.259. The van der Waals surface area contributed by atoms with Gasteiger partial charge >= 0.3 is 0 Å². The van der Waals surface area contributed by atoms with Crippen LogP contribution in [0.15, 0.2) is 0 Å². The molecule has 78 valence electrons. The molecule has 0 bridgehead atoms. The first-order chi connectivity index (χ1) is 6.01. The van der Waals surface area contributed by atoms with Gasteiger partial charge in [-0.1, -0.05) is 20.8 Å². The Morgan fingerprint density at radius 3 is 2.62 bits per heavy atom. The van der Waals surface area contributed by atoms with Crippen LogP contribution in [0.5, 0.6) is 0 Å². The monoisotopic (exact) mass is 187 g/mol. The molecule has 1 nitrogen and oxygen atoms in total. The SMILES string of the molecule is CC(C)(C)CC1CCN(CCF)C1. The lowest BCUT2D eigenvalue weighted by Crippen LogP contribution is -2.24. The first-order valence-electron chi connectivity index (χ1n) is 5.29. The fourth-order valence-corrected chi connectivity index (χ4v) is 2.27. The first-order valence-corrected chi connectivity index (χ1v) is 5.29. The molecule has 1 atom stereocenters. The highest BCUT2D eigenvalue weighted by atomic mass is 19.1. The summed E-state index contributed by atoms with van der Waals surface area (Å²) in [4.78, 5) is 2.25. The molecule has 1 heterocycles. The van der Waals surface area contributed by atoms with Crippen molar-refractivity contribution >= 4 is 0 Å². The number of hydrogen-bond acceptors (Lipinski definition) is 1. The number of halogens is 1. The molecule has 1 aliphatic heterocycles. The maximum Gasteiger partial charge on any atom is 0.102 e. The van der Waals surface area contributed by atoms with Crippen LogP contribution >= 0.6 is 0 Å². The zero-order valence-electron chi connectivity index (χ0n) is 9.15. The molecule has 0 aromatic heterocycles. The number of hydrogen-bond donors (Lipinski definition) is 0. The van der Waals surface area contributed by atoms with Gasteiger partial charge in [-0.05, 0) is 30.7 Å². The van der Waals surface area contributed by atoms with Gasteiger partial charge in [-0.25, -0.2) is 4.39 Å². The van der Waals surface area contributed by atoms with Crippen molar-refractivity contribution < 1.29 is 4.39 Å². The van der Waals surface area contributed by atoms with Crippen LogP contribution in [0, 0.1) is 11.3 Å². The van der Waals surface area contributed by atoms with Crippen molar-refractivity contribution in [1.82, 2.24) is 4.90 Å². The van der Waals surface area contributed by atoms with Crippen LogP contribution in [0.3, 0.4) is 0 Å². The van der Waals surface area contributed by atoms with E-state index in [1.54, 1.807) is 0 Å². The normalized spacial score (nSPS) is 25.4. The third-order valence-corrected chi connectivity index (χ3v) is 2.67. The Balaban J connectivity index is 2.25. The summed E-state index contributed by atoms with van der Waals surface area (Å²) in [6, 6.07) is 0. The van der Waals surface area contributed by atoms with Crippen molar-refractivity contribution in [2.45, 2.75) is 33.6 Å². The molecule has 2 heteroatoms. The van der Waals surface area contributed by atoms with E-state index < -0.39 is 0 Å². The molecule has 1 saturated heterocycles. The van der Waals surface area contributed by atoms with Crippen LogP contribution in [-0.4, -0.2) is 31.2 Å². The first kappa shape index (κ1) is 11.0. The predicted octanol–water partition coefficient (Wildman–Crippen LogP) is 2.71. The fourth-order valence-electron chi connectivity index (χ4n) is 2.27. The van der Waals surface area contributed by atoms with Gasteiger partial charge in [0.15, 0.2) is 0 Å². The van der Waals surface area contributed by atoms with Gasteiger partial charge in [0.2, 0.25) is 0 Å². The van der Waals surface area contributed by atoms with Crippen LogP contribution in [0.2, 0.25) is 0 Å². The fraction of sp³-hybridized carbons (Fsp3) is 1.00. The third kappa shape index (κ3) is 4.08. The molecule has 0 radical (unpaired) electrons. The van der Waals surface area contributed by atoms with E-state index in [2.05, 4.69) is 25.7 Å². The van der Waals surface area contributed by atoms with Crippen molar-refractivity contribution in [2.75, 3.05) is 26.3 Å². The quantitative estimate of drug-likeness (QED) is 0.656. The average Bonchev–Trinajstić information content (AvgIpc) is 2.33. The minimum Gasteiger partial charge on any atom is -0.300 e. The highest BCUT2D eigenvalue weighted by Crippen LogP contribution is 2.29. The molecule has 1 unspecified atom stereocenters. The van der Waals surface area contributed by atoms with Crippen LogP contribution in [-0.2, 0) is 0 Å². The van der Waals surface area contributed by atoms with Crippen molar-refractivity contribution in [3.63, 3.8) is 0 Å². The summed E-state index contributed by atoms with van der Waals surface area (Å²) in [6.07, 6.45) is 2.53. The van der Waals surface area contributed by atoms with Crippen molar-refractivity contribution in [3.8, 4) is 0 Å². The molecule has 1 fully saturated rings. The predicted molar refractivity (Wildman–Crippen MR) is 54.6 cm³/mol. The van der Waals surface area contributed by atoms with E-state index in [-0.39, 0.29) is 6.67 Å². The Hall–Kier alpha value is -0.110. The second-order valence-electron chi connectivity index (χ2n) is 5.41. The number of nitrogens with zero attached hydrogens (tertiary/aromatic N) is 1. The smallest absolute Gasteiger partial charge is 0.102 e. The Morgan fingerprint density at radius 2 is 2.08 bits per heavy atom. The van der Waals surface area contributed by atoms with Gasteiger partial charge < -0.3 is 4.90 Å². The van der Waals surface area contributed by atoms with Crippen LogP contribution < -0.4 is 0 Å². The summed E-state index contributed by atoms with van der Waals surface area (Å²) in [5.41, 5.74) is 0.427. The van der Waals surface area contributed by atoms with Gasteiger partial charge in [0, 0.05) is 13.1 Å². The van der Waals surface area contributed by atoms with E-state index >= 15 is 0 Å². The molecule has 0 aliphatic carbocycles. The molecule has 0 amide bonds. The number of rotatable bonds is 3. The number of likely N-dealkylation sites (tertiary alicyclic amines) is 1. The Bertz CT molecular complexity index is 151. The van der Waals surface area contributed by atoms with Gasteiger partial charge in [-0.2, -0.15) is 0 Å². The molecular weight excluding hydrogens is 165 g/mol. The second-order valence-corrected chi connectivity index (χ2v) is 5.41. The van der Waals surface area contributed by atoms with Gasteiger partial charge in [-0.3, -0.25) is 0 Å². The van der Waals surface area contributed by atoms with Crippen molar-refractivity contribution in [1.29, 1.82) is 0 Å². The van der Waals surface area contributed by atoms with E-state index in [1.165, 1.54) is 12.8 Å². The summed E-state index contributed by atoms with van der Waals surface area (Å²) in [6.45, 7) is 9.51. The maximum atomic E-state index is 12.1. The van der Waals surface area contributed by atoms with Gasteiger partial charge in [0.05, 0.1) is 0 Å². The lowest BCUT2D eigenvalue weighted by atomic mass is 9.84. The second kappa shape index (κ2) is 4.41. The summed E-state index contributed by atoms with van der Waals surface area (Å²) in [5.74, 6) is 0.798. The summed E-state index contributed by atoms with van der Waals surface area (Å²) >= 11 is 0. The zero-order chi connectivity index (χ0) is 9.90. The minimum atomic E-state index is -0.192. The van der Waals surface area contributed by atoms with Crippen molar-refractivity contribution in [3.05, 3.63) is 0 Å². The Labute approximate surface area is 81.3 Å². The third-order valence-electron chi connectivity index (χ3n) is 2.67. The maximum absolute atomic E-state index is 12.1. The lowest BCUT2D eigenvalue weighted by Gasteiger charge is -2.23. The van der Waals surface area contributed by atoms with Gasteiger partial charge in [-0.15, -0.1) is 0 Å². The van der Waals surface area contributed by atoms with Gasteiger partial charge in [0.25, 0.3) is 0 Å². The van der Waals surface area contributed by atoms with E-state index in [9.17, 15) is 4.39 Å². The standard InChI is InChI=1S/C11H22FN/c1-11(2,3)8-10-4-6-13(9-10)7-5-12/h10H,4-9H2,1-3H3. The highest BCUT2D eigenvalue weighted by molar-refractivity contribution is 4.79. The number of alkyl halides is 1. The molecule has 0 saturated carbocycles. The highest BCUT2D eigenvalue weighted by Gasteiger charge is 2.25. The van der Waals surface area contributed by atoms with Gasteiger partial charge in [0.1, 0.15) is 6.67 Å². The van der Waals surface area contributed by atoms with Crippen LogP contribution in [0.25, 0.3) is 0 Å². The van der Waals surface area contributed by atoms with Crippen molar-refractivity contribution in [2.24, 2.45) is 11.3 Å². The van der Waals surface area contributed by atoms with E-state index in [4.69, 9.17) is 0 Å². The molecule has 1 rings (SSSR count). The molecule has 0 aromatic rings. The zero-order valence-corrected chi connectivity index (χ0v) is 9.15.